The lowest BCUT2D eigenvalue weighted by atomic mass is 10.1. The lowest BCUT2D eigenvalue weighted by Gasteiger charge is -2.24. The molecule has 160 valence electrons. The molecular formula is C25H31NO4. The number of carbonyl (C=O) groups excluding carboxylic acids is 2. The number of nitrogens with one attached hydrogen (secondary N) is 1. The van der Waals surface area contributed by atoms with Gasteiger partial charge in [-0.2, -0.15) is 0 Å². The second-order valence-corrected chi connectivity index (χ2v) is 7.71. The third-order valence-corrected chi connectivity index (χ3v) is 4.63. The van der Waals surface area contributed by atoms with Gasteiger partial charge in [0.25, 0.3) is 0 Å². The molecule has 0 atom stereocenters. The minimum atomic E-state index is -1.05. The number of esters is 1. The molecule has 2 aromatic rings. The van der Waals surface area contributed by atoms with Crippen molar-refractivity contribution in [3.63, 3.8) is 0 Å². The summed E-state index contributed by atoms with van der Waals surface area (Å²) >= 11 is 0. The Morgan fingerprint density at radius 3 is 2.43 bits per heavy atom. The van der Waals surface area contributed by atoms with Gasteiger partial charge in [0, 0.05) is 12.6 Å². The van der Waals surface area contributed by atoms with Gasteiger partial charge in [0.15, 0.2) is 5.60 Å². The third-order valence-electron chi connectivity index (χ3n) is 4.63. The Balaban J connectivity index is 1.82. The summed E-state index contributed by atoms with van der Waals surface area (Å²) in [6.07, 6.45) is 4.11. The van der Waals surface area contributed by atoms with Gasteiger partial charge in [-0.15, -0.1) is 0 Å². The summed E-state index contributed by atoms with van der Waals surface area (Å²) < 4.78 is 10.8. The number of aryl methyl sites for hydroxylation is 2. The fourth-order valence-electron chi connectivity index (χ4n) is 2.86. The zero-order valence-electron chi connectivity index (χ0n) is 18.5. The van der Waals surface area contributed by atoms with Crippen molar-refractivity contribution in [1.29, 1.82) is 0 Å². The van der Waals surface area contributed by atoms with E-state index in [0.29, 0.717) is 25.3 Å². The Bertz CT molecular complexity index is 898. The standard InChI is InChI=1S/C25H31NO4/c1-6-29-24(28)25(4,5)30-22-12-9-20(10-13-22)15-16-26-23(27)14-11-21-17-18(2)7-8-19(21)3/h7-14,17H,6,15-16H2,1-5H3,(H,26,27)/b14-11+. The van der Waals surface area contributed by atoms with E-state index in [0.717, 1.165) is 16.7 Å². The van der Waals surface area contributed by atoms with E-state index in [9.17, 15) is 9.59 Å². The van der Waals surface area contributed by atoms with Crippen LogP contribution in [0.2, 0.25) is 0 Å². The van der Waals surface area contributed by atoms with Crippen LogP contribution >= 0.6 is 0 Å². The molecule has 5 nitrogen and oxygen atoms in total. The third kappa shape index (κ3) is 7.07. The minimum absolute atomic E-state index is 0.118. The van der Waals surface area contributed by atoms with Gasteiger partial charge in [-0.05, 0) is 75.9 Å². The number of hydrogen-bond acceptors (Lipinski definition) is 4. The zero-order chi connectivity index (χ0) is 22.1. The highest BCUT2D eigenvalue weighted by Crippen LogP contribution is 2.20. The molecule has 0 fully saturated rings. The van der Waals surface area contributed by atoms with Crippen LogP contribution in [0.3, 0.4) is 0 Å². The van der Waals surface area contributed by atoms with Crippen LogP contribution in [0.4, 0.5) is 0 Å². The molecular weight excluding hydrogens is 378 g/mol. The Hall–Kier alpha value is -3.08. The van der Waals surface area contributed by atoms with Gasteiger partial charge in [-0.25, -0.2) is 4.79 Å². The smallest absolute Gasteiger partial charge is 0.349 e. The van der Waals surface area contributed by atoms with Crippen LogP contribution in [0.5, 0.6) is 5.75 Å². The Morgan fingerprint density at radius 2 is 1.77 bits per heavy atom. The van der Waals surface area contributed by atoms with Gasteiger partial charge in [0.1, 0.15) is 5.75 Å². The maximum absolute atomic E-state index is 12.1. The molecule has 5 heteroatoms. The molecule has 0 spiro atoms. The first-order chi connectivity index (χ1) is 14.2. The number of carbonyl (C=O) groups is 2. The molecule has 0 saturated carbocycles. The van der Waals surface area contributed by atoms with Crippen molar-refractivity contribution < 1.29 is 19.1 Å². The highest BCUT2D eigenvalue weighted by Gasteiger charge is 2.31. The maximum atomic E-state index is 12.1. The van der Waals surface area contributed by atoms with E-state index in [-0.39, 0.29) is 5.91 Å². The van der Waals surface area contributed by atoms with Crippen LogP contribution in [-0.2, 0) is 20.7 Å². The molecule has 2 rings (SSSR count). The molecule has 0 heterocycles. The van der Waals surface area contributed by atoms with Crippen LogP contribution in [0, 0.1) is 13.8 Å². The van der Waals surface area contributed by atoms with Crippen molar-refractivity contribution >= 4 is 18.0 Å². The van der Waals surface area contributed by atoms with E-state index in [2.05, 4.69) is 17.4 Å². The van der Waals surface area contributed by atoms with Gasteiger partial charge in [-0.3, -0.25) is 4.79 Å². The summed E-state index contributed by atoms with van der Waals surface area (Å²) in [5, 5.41) is 2.90. The first-order valence-corrected chi connectivity index (χ1v) is 10.2. The predicted octanol–water partition coefficient (Wildman–Crippen LogP) is 4.40. The number of ether oxygens (including phenoxy) is 2. The lowest BCUT2D eigenvalue weighted by Crippen LogP contribution is -2.39. The van der Waals surface area contributed by atoms with Crippen molar-refractivity contribution in [1.82, 2.24) is 5.32 Å². The largest absolute Gasteiger partial charge is 0.476 e. The van der Waals surface area contributed by atoms with Crippen LogP contribution in [0.15, 0.2) is 48.5 Å². The van der Waals surface area contributed by atoms with E-state index >= 15 is 0 Å². The molecule has 30 heavy (non-hydrogen) atoms. The second-order valence-electron chi connectivity index (χ2n) is 7.71. The number of amides is 1. The van der Waals surface area contributed by atoms with Crippen LogP contribution in [0.1, 0.15) is 43.0 Å². The Labute approximate surface area is 179 Å². The number of hydrogen-bond donors (Lipinski definition) is 1. The van der Waals surface area contributed by atoms with Gasteiger partial charge >= 0.3 is 5.97 Å². The van der Waals surface area contributed by atoms with Crippen LogP contribution < -0.4 is 10.1 Å². The summed E-state index contributed by atoms with van der Waals surface area (Å²) in [5.41, 5.74) is 3.37. The molecule has 0 radical (unpaired) electrons. The van der Waals surface area contributed by atoms with Crippen LogP contribution in [0.25, 0.3) is 6.08 Å². The van der Waals surface area contributed by atoms with E-state index in [1.54, 1.807) is 26.8 Å². The van der Waals surface area contributed by atoms with E-state index in [4.69, 9.17) is 9.47 Å². The quantitative estimate of drug-likeness (QED) is 0.493. The predicted molar refractivity (Wildman–Crippen MR) is 119 cm³/mol. The topological polar surface area (TPSA) is 64.6 Å². The molecule has 0 aliphatic rings. The highest BCUT2D eigenvalue weighted by atomic mass is 16.6. The molecule has 1 amide bonds. The lowest BCUT2D eigenvalue weighted by molar-refractivity contribution is -0.158. The van der Waals surface area contributed by atoms with Crippen molar-refractivity contribution in [2.45, 2.75) is 46.6 Å². The number of rotatable bonds is 9. The van der Waals surface area contributed by atoms with Crippen molar-refractivity contribution in [2.24, 2.45) is 0 Å². The van der Waals surface area contributed by atoms with E-state index < -0.39 is 11.6 Å². The summed E-state index contributed by atoms with van der Waals surface area (Å²) in [7, 11) is 0. The summed E-state index contributed by atoms with van der Waals surface area (Å²) in [4.78, 5) is 24.0. The Kier molecular flexibility index (Phi) is 8.22. The second kappa shape index (κ2) is 10.6. The first-order valence-electron chi connectivity index (χ1n) is 10.2. The summed E-state index contributed by atoms with van der Waals surface area (Å²) in [6, 6.07) is 13.7. The van der Waals surface area contributed by atoms with Gasteiger partial charge in [0.05, 0.1) is 6.61 Å². The highest BCUT2D eigenvalue weighted by molar-refractivity contribution is 5.91. The number of benzene rings is 2. The molecule has 0 bridgehead atoms. The minimum Gasteiger partial charge on any atom is -0.476 e. The molecule has 0 aliphatic heterocycles. The summed E-state index contributed by atoms with van der Waals surface area (Å²) in [6.45, 7) is 10.0. The fraction of sp³-hybridized carbons (Fsp3) is 0.360. The molecule has 2 aromatic carbocycles. The zero-order valence-corrected chi connectivity index (χ0v) is 18.5. The monoisotopic (exact) mass is 409 g/mol. The normalized spacial score (nSPS) is 11.4. The average molecular weight is 410 g/mol. The van der Waals surface area contributed by atoms with Gasteiger partial charge < -0.3 is 14.8 Å². The van der Waals surface area contributed by atoms with Gasteiger partial charge in [0.2, 0.25) is 5.91 Å². The Morgan fingerprint density at radius 1 is 1.07 bits per heavy atom. The van der Waals surface area contributed by atoms with Crippen molar-refractivity contribution in [3.05, 3.63) is 70.8 Å². The first kappa shape index (κ1) is 23.2. The average Bonchev–Trinajstić information content (AvgIpc) is 2.70. The molecule has 0 aliphatic carbocycles. The summed E-state index contributed by atoms with van der Waals surface area (Å²) in [5.74, 6) is 0.0787. The van der Waals surface area contributed by atoms with Crippen molar-refractivity contribution in [3.8, 4) is 5.75 Å². The van der Waals surface area contributed by atoms with E-state index in [1.807, 2.05) is 50.3 Å². The fourth-order valence-corrected chi connectivity index (χ4v) is 2.86. The molecule has 1 N–H and O–H groups in total. The van der Waals surface area contributed by atoms with Gasteiger partial charge in [-0.1, -0.05) is 35.9 Å². The molecule has 0 aromatic heterocycles. The molecule has 0 saturated heterocycles. The SMILES string of the molecule is CCOC(=O)C(C)(C)Oc1ccc(CCNC(=O)/C=C/c2cc(C)ccc2C)cc1. The maximum Gasteiger partial charge on any atom is 0.349 e. The molecule has 0 unspecified atom stereocenters. The van der Waals surface area contributed by atoms with Crippen LogP contribution in [-0.4, -0.2) is 30.6 Å². The van der Waals surface area contributed by atoms with Crippen molar-refractivity contribution in [2.75, 3.05) is 13.2 Å². The van der Waals surface area contributed by atoms with E-state index in [1.165, 1.54) is 5.56 Å².